The number of methoxy groups -OCH3 is 1. The van der Waals surface area contributed by atoms with Gasteiger partial charge in [0.15, 0.2) is 10.6 Å². The van der Waals surface area contributed by atoms with E-state index in [-0.39, 0.29) is 5.91 Å². The minimum Gasteiger partial charge on any atom is -0.497 e. The van der Waals surface area contributed by atoms with Gasteiger partial charge < -0.3 is 10.1 Å². The molecule has 0 aliphatic rings. The predicted molar refractivity (Wildman–Crippen MR) is 96.5 cm³/mol. The third-order valence-corrected chi connectivity index (χ3v) is 4.02. The molecule has 0 fully saturated rings. The molecule has 1 amide bonds. The van der Waals surface area contributed by atoms with Crippen molar-refractivity contribution in [3.05, 3.63) is 29.0 Å². The third kappa shape index (κ3) is 4.92. The number of amides is 1. The molecular formula is C17H24N4O2S. The lowest BCUT2D eigenvalue weighted by molar-refractivity contribution is -0.121. The quantitative estimate of drug-likeness (QED) is 0.719. The molecule has 2 N–H and O–H groups in total. The molecule has 2 rings (SSSR count). The average molecular weight is 348 g/mol. The fraction of sp³-hybridized carbons (Fsp3) is 0.471. The summed E-state index contributed by atoms with van der Waals surface area (Å²) in [6.07, 6.45) is 1.35. The summed E-state index contributed by atoms with van der Waals surface area (Å²) in [6.45, 7) is 5.47. The van der Waals surface area contributed by atoms with Crippen LogP contribution in [0, 0.1) is 10.7 Å². The van der Waals surface area contributed by atoms with E-state index in [1.54, 1.807) is 7.11 Å². The van der Waals surface area contributed by atoms with E-state index in [1.807, 2.05) is 28.8 Å². The van der Waals surface area contributed by atoms with Crippen molar-refractivity contribution in [2.24, 2.45) is 5.92 Å². The molecule has 1 aromatic carbocycles. The molecule has 7 heteroatoms. The summed E-state index contributed by atoms with van der Waals surface area (Å²) < 4.78 is 7.52. The Morgan fingerprint density at radius 3 is 2.71 bits per heavy atom. The van der Waals surface area contributed by atoms with E-state index < -0.39 is 0 Å². The third-order valence-electron chi connectivity index (χ3n) is 3.71. The fourth-order valence-electron chi connectivity index (χ4n) is 2.29. The van der Waals surface area contributed by atoms with Crippen molar-refractivity contribution in [1.29, 1.82) is 0 Å². The highest BCUT2D eigenvalue weighted by molar-refractivity contribution is 7.71. The Hall–Kier alpha value is -2.15. The van der Waals surface area contributed by atoms with Crippen LogP contribution in [0.3, 0.4) is 0 Å². The van der Waals surface area contributed by atoms with Crippen LogP contribution in [0.15, 0.2) is 24.3 Å². The Balaban J connectivity index is 2.01. The van der Waals surface area contributed by atoms with Gasteiger partial charge in [0.1, 0.15) is 5.75 Å². The number of ether oxygens (including phenoxy) is 1. The number of hydrogen-bond donors (Lipinski definition) is 2. The van der Waals surface area contributed by atoms with Gasteiger partial charge in [-0.05, 0) is 48.8 Å². The zero-order chi connectivity index (χ0) is 17.5. The van der Waals surface area contributed by atoms with E-state index in [0.29, 0.717) is 30.2 Å². The minimum absolute atomic E-state index is 0.0273. The molecular weight excluding hydrogens is 324 g/mol. The maximum atomic E-state index is 12.0. The first-order chi connectivity index (χ1) is 11.5. The van der Waals surface area contributed by atoms with Crippen molar-refractivity contribution in [1.82, 2.24) is 20.1 Å². The van der Waals surface area contributed by atoms with E-state index in [4.69, 9.17) is 17.0 Å². The Morgan fingerprint density at radius 2 is 2.08 bits per heavy atom. The van der Waals surface area contributed by atoms with Crippen LogP contribution in [-0.4, -0.2) is 34.3 Å². The molecule has 24 heavy (non-hydrogen) atoms. The van der Waals surface area contributed by atoms with Crippen molar-refractivity contribution in [2.45, 2.75) is 33.2 Å². The highest BCUT2D eigenvalue weighted by Crippen LogP contribution is 2.21. The molecule has 2 aromatic rings. The number of H-pyrrole nitrogens is 1. The van der Waals surface area contributed by atoms with Gasteiger partial charge in [-0.2, -0.15) is 5.10 Å². The summed E-state index contributed by atoms with van der Waals surface area (Å²) in [5.74, 6) is 2.11. The summed E-state index contributed by atoms with van der Waals surface area (Å²) in [7, 11) is 1.63. The highest BCUT2D eigenvalue weighted by Gasteiger charge is 2.11. The summed E-state index contributed by atoms with van der Waals surface area (Å²) >= 11 is 5.28. The van der Waals surface area contributed by atoms with Gasteiger partial charge in [-0.15, -0.1) is 0 Å². The monoisotopic (exact) mass is 348 g/mol. The standard InChI is InChI=1S/C17H24N4O2S/c1-12(2)8-10-18-15(22)9-11-21-16(19-20-17(21)24)13-4-6-14(23-3)7-5-13/h4-7,12H,8-11H2,1-3H3,(H,18,22)(H,20,24). The molecule has 0 spiro atoms. The van der Waals surface area contributed by atoms with Crippen LogP contribution >= 0.6 is 12.2 Å². The van der Waals surface area contributed by atoms with E-state index in [2.05, 4.69) is 29.4 Å². The van der Waals surface area contributed by atoms with Crippen LogP contribution < -0.4 is 10.1 Å². The summed E-state index contributed by atoms with van der Waals surface area (Å²) in [6, 6.07) is 7.58. The lowest BCUT2D eigenvalue weighted by Crippen LogP contribution is -2.26. The second-order valence-corrected chi connectivity index (χ2v) is 6.40. The van der Waals surface area contributed by atoms with Gasteiger partial charge in [-0.1, -0.05) is 13.8 Å². The molecule has 0 unspecified atom stereocenters. The first kappa shape index (κ1) is 18.2. The van der Waals surface area contributed by atoms with E-state index in [1.165, 1.54) is 0 Å². The number of hydrogen-bond acceptors (Lipinski definition) is 4. The second-order valence-electron chi connectivity index (χ2n) is 6.01. The van der Waals surface area contributed by atoms with Crippen LogP contribution in [0.4, 0.5) is 0 Å². The first-order valence-corrected chi connectivity index (χ1v) is 8.48. The van der Waals surface area contributed by atoms with Crippen molar-refractivity contribution in [3.63, 3.8) is 0 Å². The normalized spacial score (nSPS) is 10.8. The van der Waals surface area contributed by atoms with Gasteiger partial charge in [-0.3, -0.25) is 14.5 Å². The highest BCUT2D eigenvalue weighted by atomic mass is 32.1. The van der Waals surface area contributed by atoms with E-state index >= 15 is 0 Å². The number of nitrogens with zero attached hydrogens (tertiary/aromatic N) is 2. The number of carbonyl (C=O) groups excluding carboxylic acids is 1. The number of benzene rings is 1. The topological polar surface area (TPSA) is 71.9 Å². The maximum absolute atomic E-state index is 12.0. The largest absolute Gasteiger partial charge is 0.497 e. The van der Waals surface area contributed by atoms with Crippen LogP contribution in [0.1, 0.15) is 26.7 Å². The Morgan fingerprint density at radius 1 is 1.38 bits per heavy atom. The minimum atomic E-state index is 0.0273. The van der Waals surface area contributed by atoms with Crippen LogP contribution in [0.25, 0.3) is 11.4 Å². The Bertz CT molecular complexity index is 719. The number of carbonyl (C=O) groups is 1. The Labute approximate surface area is 147 Å². The van der Waals surface area contributed by atoms with Crippen molar-refractivity contribution in [2.75, 3.05) is 13.7 Å². The van der Waals surface area contributed by atoms with Gasteiger partial charge >= 0.3 is 0 Å². The fourth-order valence-corrected chi connectivity index (χ4v) is 2.51. The molecule has 0 saturated heterocycles. The van der Waals surface area contributed by atoms with Gasteiger partial charge in [0.05, 0.1) is 7.11 Å². The number of nitrogens with one attached hydrogen (secondary N) is 2. The molecule has 0 atom stereocenters. The first-order valence-electron chi connectivity index (χ1n) is 8.07. The van der Waals surface area contributed by atoms with Crippen LogP contribution in [0.2, 0.25) is 0 Å². The predicted octanol–water partition coefficient (Wildman–Crippen LogP) is 3.17. The van der Waals surface area contributed by atoms with E-state index in [9.17, 15) is 4.79 Å². The van der Waals surface area contributed by atoms with Crippen molar-refractivity contribution in [3.8, 4) is 17.1 Å². The summed E-state index contributed by atoms with van der Waals surface area (Å²) in [5, 5.41) is 10.0. The molecule has 0 saturated carbocycles. The van der Waals surface area contributed by atoms with Crippen LogP contribution in [-0.2, 0) is 11.3 Å². The average Bonchev–Trinajstić information content (AvgIpc) is 2.93. The van der Waals surface area contributed by atoms with E-state index in [0.717, 1.165) is 23.6 Å². The van der Waals surface area contributed by atoms with Gasteiger partial charge in [-0.25, -0.2) is 0 Å². The zero-order valence-electron chi connectivity index (χ0n) is 14.3. The molecule has 0 aliphatic heterocycles. The lowest BCUT2D eigenvalue weighted by Gasteiger charge is -2.09. The number of rotatable bonds is 8. The van der Waals surface area contributed by atoms with Gasteiger partial charge in [0.2, 0.25) is 5.91 Å². The molecule has 0 radical (unpaired) electrons. The van der Waals surface area contributed by atoms with Gasteiger partial charge in [0.25, 0.3) is 0 Å². The Kier molecular flexibility index (Phi) is 6.54. The summed E-state index contributed by atoms with van der Waals surface area (Å²) in [4.78, 5) is 12.0. The summed E-state index contributed by atoms with van der Waals surface area (Å²) in [5.41, 5.74) is 0.920. The van der Waals surface area contributed by atoms with Gasteiger partial charge in [0, 0.05) is 25.1 Å². The van der Waals surface area contributed by atoms with Crippen molar-refractivity contribution >= 4 is 18.1 Å². The molecule has 0 bridgehead atoms. The second kappa shape index (κ2) is 8.63. The molecule has 1 heterocycles. The molecule has 1 aromatic heterocycles. The number of aromatic nitrogens is 3. The molecule has 130 valence electrons. The molecule has 6 nitrogen and oxygen atoms in total. The zero-order valence-corrected chi connectivity index (χ0v) is 15.2. The smallest absolute Gasteiger partial charge is 0.221 e. The number of aromatic amines is 1. The SMILES string of the molecule is COc1ccc(-c2n[nH]c(=S)n2CCC(=O)NCCC(C)C)cc1. The van der Waals surface area contributed by atoms with Crippen molar-refractivity contribution < 1.29 is 9.53 Å². The lowest BCUT2D eigenvalue weighted by atomic mass is 10.1. The van der Waals surface area contributed by atoms with Crippen LogP contribution in [0.5, 0.6) is 5.75 Å². The molecule has 0 aliphatic carbocycles. The maximum Gasteiger partial charge on any atom is 0.221 e.